The number of nitrogens with zero attached hydrogens (tertiary/aromatic N) is 2. The van der Waals surface area contributed by atoms with Gasteiger partial charge in [-0.25, -0.2) is 21.9 Å². The van der Waals surface area contributed by atoms with Gasteiger partial charge >= 0.3 is 0 Å². The van der Waals surface area contributed by atoms with Crippen LogP contribution >= 0.6 is 0 Å². The van der Waals surface area contributed by atoms with Crippen LogP contribution in [0.1, 0.15) is 63.9 Å². The number of alkyl halides is 2. The van der Waals surface area contributed by atoms with Gasteiger partial charge in [-0.1, -0.05) is 19.9 Å². The zero-order valence-electron chi connectivity index (χ0n) is 21.7. The topological polar surface area (TPSA) is 82.1 Å². The summed E-state index contributed by atoms with van der Waals surface area (Å²) >= 11 is 0. The molecule has 1 aromatic rings. The van der Waals surface area contributed by atoms with Gasteiger partial charge in [-0.2, -0.15) is 0 Å². The largest absolute Gasteiger partial charge is 0.492 e. The van der Waals surface area contributed by atoms with Crippen molar-refractivity contribution in [1.29, 1.82) is 0 Å². The maximum Gasteiger partial charge on any atom is 0.248 e. The first-order valence-corrected chi connectivity index (χ1v) is 14.6. The molecule has 0 bridgehead atoms. The molecule has 204 valence electrons. The number of likely N-dealkylation sites (tertiary alicyclic amines) is 1. The number of likely N-dealkylation sites (N-methyl/N-ethyl adjacent to an activating group) is 1. The average Bonchev–Trinajstić information content (AvgIpc) is 2.81. The van der Waals surface area contributed by atoms with E-state index >= 15 is 0 Å². The first-order valence-electron chi connectivity index (χ1n) is 13.1. The fourth-order valence-corrected chi connectivity index (χ4v) is 7.09. The monoisotopic (exact) mass is 529 g/mol. The minimum absolute atomic E-state index is 0.0411. The standard InChI is InChI=1S/C26H41F2N3O4S/c1-19(2)20-4-5-24-23(14-20)35-18-25(17-30(3)16-22(32)15-29-36(24,33)34)10-12-31(13-11-25)21-6-8-26(27,28)9-7-21/h4-5,14,19,21-22,29,32H,6-13,15-18H2,1-3H3. The molecule has 1 atom stereocenters. The van der Waals surface area contributed by atoms with Crippen molar-refractivity contribution in [2.24, 2.45) is 5.41 Å². The highest BCUT2D eigenvalue weighted by molar-refractivity contribution is 7.89. The molecule has 0 amide bonds. The Morgan fingerprint density at radius 2 is 1.81 bits per heavy atom. The van der Waals surface area contributed by atoms with Gasteiger partial charge in [0, 0.05) is 43.9 Å². The van der Waals surface area contributed by atoms with Gasteiger partial charge < -0.3 is 19.6 Å². The molecular weight excluding hydrogens is 488 g/mol. The first kappa shape index (κ1) is 27.7. The summed E-state index contributed by atoms with van der Waals surface area (Å²) in [7, 11) is -1.92. The summed E-state index contributed by atoms with van der Waals surface area (Å²) in [5.74, 6) is -1.98. The van der Waals surface area contributed by atoms with Crippen molar-refractivity contribution >= 4 is 10.0 Å². The number of rotatable bonds is 2. The number of hydrogen-bond acceptors (Lipinski definition) is 6. The van der Waals surface area contributed by atoms with Crippen molar-refractivity contribution < 1.29 is 27.0 Å². The minimum Gasteiger partial charge on any atom is -0.492 e. The van der Waals surface area contributed by atoms with E-state index in [0.29, 0.717) is 38.3 Å². The average molecular weight is 530 g/mol. The Bertz CT molecular complexity index is 1000. The number of benzene rings is 1. The third-order valence-corrected chi connectivity index (χ3v) is 9.62. The van der Waals surface area contributed by atoms with Crippen molar-refractivity contribution in [2.45, 2.75) is 81.3 Å². The number of aliphatic hydroxyl groups excluding tert-OH is 1. The summed E-state index contributed by atoms with van der Waals surface area (Å²) in [4.78, 5) is 4.49. The first-order chi connectivity index (χ1) is 16.9. The fraction of sp³-hybridized carbons (Fsp3) is 0.769. The molecule has 0 radical (unpaired) electrons. The van der Waals surface area contributed by atoms with Crippen LogP contribution in [0.25, 0.3) is 0 Å². The number of piperidine rings is 1. The molecular formula is C26H41F2N3O4S. The molecule has 0 aromatic heterocycles. The zero-order valence-corrected chi connectivity index (χ0v) is 22.5. The maximum absolute atomic E-state index is 13.7. The van der Waals surface area contributed by atoms with E-state index in [1.54, 1.807) is 6.07 Å². The molecule has 2 fully saturated rings. The number of sulfonamides is 1. The Kier molecular flexibility index (Phi) is 8.31. The van der Waals surface area contributed by atoms with E-state index in [2.05, 4.69) is 9.62 Å². The fourth-order valence-electron chi connectivity index (χ4n) is 5.90. The van der Waals surface area contributed by atoms with Gasteiger partial charge in [0.05, 0.1) is 12.7 Å². The Hall–Kier alpha value is -1.33. The van der Waals surface area contributed by atoms with E-state index < -0.39 is 22.0 Å². The molecule has 3 aliphatic rings. The van der Waals surface area contributed by atoms with E-state index in [0.717, 1.165) is 31.5 Å². The van der Waals surface area contributed by atoms with Gasteiger partial charge in [-0.15, -0.1) is 0 Å². The number of hydrogen-bond donors (Lipinski definition) is 2. The Morgan fingerprint density at radius 3 is 2.44 bits per heavy atom. The number of β-amino-alcohol motifs (C(OH)–C–C–N with tert-alkyl or cyclic N) is 1. The number of ether oxygens (including phenoxy) is 1. The number of aliphatic hydroxyl groups is 1. The van der Waals surface area contributed by atoms with Crippen LogP contribution in [-0.4, -0.2) is 87.8 Å². The van der Waals surface area contributed by atoms with Gasteiger partial charge in [-0.05, 0) is 69.4 Å². The molecule has 2 heterocycles. The van der Waals surface area contributed by atoms with Crippen LogP contribution in [-0.2, 0) is 10.0 Å². The second kappa shape index (κ2) is 10.8. The summed E-state index contributed by atoms with van der Waals surface area (Å²) in [6.45, 7) is 7.02. The summed E-state index contributed by atoms with van der Waals surface area (Å²) < 4.78 is 62.3. The van der Waals surface area contributed by atoms with Crippen molar-refractivity contribution in [2.75, 3.05) is 46.4 Å². The number of halogens is 2. The predicted molar refractivity (Wildman–Crippen MR) is 135 cm³/mol. The summed E-state index contributed by atoms with van der Waals surface area (Å²) in [6.07, 6.45) is 1.78. The maximum atomic E-state index is 13.7. The van der Waals surface area contributed by atoms with Crippen LogP contribution < -0.4 is 9.46 Å². The quantitative estimate of drug-likeness (QED) is 0.611. The lowest BCUT2D eigenvalue weighted by atomic mass is 9.77. The van der Waals surface area contributed by atoms with Crippen LogP contribution in [0.3, 0.4) is 0 Å². The lowest BCUT2D eigenvalue weighted by molar-refractivity contribution is -0.0640. The highest BCUT2D eigenvalue weighted by Gasteiger charge is 2.42. The molecule has 1 saturated heterocycles. The summed E-state index contributed by atoms with van der Waals surface area (Å²) in [5.41, 5.74) is 0.761. The van der Waals surface area contributed by atoms with Gasteiger partial charge in [0.25, 0.3) is 0 Å². The molecule has 1 unspecified atom stereocenters. The summed E-state index contributed by atoms with van der Waals surface area (Å²) in [5, 5.41) is 10.5. The van der Waals surface area contributed by atoms with E-state index in [9.17, 15) is 22.3 Å². The molecule has 1 saturated carbocycles. The van der Waals surface area contributed by atoms with Gasteiger partial charge in [0.15, 0.2) is 0 Å². The SMILES string of the molecule is CC(C)c1ccc2c(c1)OCC1(CCN(C3CCC(F)(F)CC3)CC1)CN(C)CC(O)CNS2(=O)=O. The Morgan fingerprint density at radius 1 is 1.14 bits per heavy atom. The molecule has 7 nitrogen and oxygen atoms in total. The molecule has 1 aliphatic carbocycles. The third kappa shape index (κ3) is 6.56. The molecule has 4 rings (SSSR count). The van der Waals surface area contributed by atoms with Crippen LogP contribution in [0.15, 0.2) is 23.1 Å². The lowest BCUT2D eigenvalue weighted by Gasteiger charge is -2.47. The van der Waals surface area contributed by atoms with Crippen molar-refractivity contribution in [3.8, 4) is 5.75 Å². The minimum atomic E-state index is -3.86. The van der Waals surface area contributed by atoms with Crippen LogP contribution in [0.2, 0.25) is 0 Å². The van der Waals surface area contributed by atoms with Gasteiger partial charge in [0.2, 0.25) is 15.9 Å². The molecule has 1 aromatic carbocycles. The molecule has 2 N–H and O–H groups in total. The van der Waals surface area contributed by atoms with Crippen LogP contribution in [0.5, 0.6) is 5.75 Å². The highest BCUT2D eigenvalue weighted by Crippen LogP contribution is 2.40. The third-order valence-electron chi connectivity index (χ3n) is 8.16. The molecule has 10 heteroatoms. The normalized spacial score (nSPS) is 28.1. The van der Waals surface area contributed by atoms with E-state index in [4.69, 9.17) is 4.74 Å². The zero-order chi connectivity index (χ0) is 26.1. The highest BCUT2D eigenvalue weighted by atomic mass is 32.2. The molecule has 1 spiro atoms. The number of nitrogens with one attached hydrogen (secondary N) is 1. The lowest BCUT2D eigenvalue weighted by Crippen LogP contribution is -2.53. The van der Waals surface area contributed by atoms with E-state index in [-0.39, 0.29) is 41.7 Å². The smallest absolute Gasteiger partial charge is 0.248 e. The summed E-state index contributed by atoms with van der Waals surface area (Å²) in [6, 6.07) is 5.41. The molecule has 2 aliphatic heterocycles. The van der Waals surface area contributed by atoms with Gasteiger partial charge in [-0.3, -0.25) is 0 Å². The van der Waals surface area contributed by atoms with E-state index in [1.165, 1.54) is 0 Å². The van der Waals surface area contributed by atoms with Crippen LogP contribution in [0, 0.1) is 5.41 Å². The molecule has 36 heavy (non-hydrogen) atoms. The van der Waals surface area contributed by atoms with Crippen molar-refractivity contribution in [3.05, 3.63) is 23.8 Å². The van der Waals surface area contributed by atoms with Crippen molar-refractivity contribution in [3.63, 3.8) is 0 Å². The Balaban J connectivity index is 1.56. The van der Waals surface area contributed by atoms with Gasteiger partial charge in [0.1, 0.15) is 10.6 Å². The van der Waals surface area contributed by atoms with E-state index in [1.807, 2.05) is 37.9 Å². The van der Waals surface area contributed by atoms with Crippen LogP contribution in [0.4, 0.5) is 8.78 Å². The van der Waals surface area contributed by atoms with Crippen molar-refractivity contribution in [1.82, 2.24) is 14.5 Å². The Labute approximate surface area is 214 Å². The second-order valence-electron chi connectivity index (χ2n) is 11.5. The predicted octanol–water partition coefficient (Wildman–Crippen LogP) is 3.43. The second-order valence-corrected chi connectivity index (χ2v) is 13.2. The number of fused-ring (bicyclic) bond motifs is 1.